The second-order valence-corrected chi connectivity index (χ2v) is 17.6. The van der Waals surface area contributed by atoms with Crippen molar-refractivity contribution in [2.24, 2.45) is 11.3 Å². The summed E-state index contributed by atoms with van der Waals surface area (Å²) in [5, 5.41) is 2.76. The van der Waals surface area contributed by atoms with E-state index in [-0.39, 0.29) is 30.1 Å². The Hall–Kier alpha value is -5.69. The summed E-state index contributed by atoms with van der Waals surface area (Å²) in [6.07, 6.45) is 7.16. The molecular formula is C47H48ClN7O5. The molecule has 60 heavy (non-hydrogen) atoms. The van der Waals surface area contributed by atoms with Gasteiger partial charge in [0.15, 0.2) is 0 Å². The first-order chi connectivity index (χ1) is 29.1. The largest absolute Gasteiger partial charge is 0.372 e. The molecule has 12 nitrogen and oxygen atoms in total. The molecule has 0 radical (unpaired) electrons. The van der Waals surface area contributed by atoms with Crippen LogP contribution in [0.25, 0.3) is 4.85 Å². The zero-order valence-electron chi connectivity index (χ0n) is 33.6. The average Bonchev–Trinajstić information content (AvgIpc) is 3.80. The third-order valence-corrected chi connectivity index (χ3v) is 14.1. The average molecular weight is 826 g/mol. The molecule has 3 aromatic carbocycles. The van der Waals surface area contributed by atoms with Crippen LogP contribution in [-0.2, 0) is 9.59 Å². The summed E-state index contributed by atoms with van der Waals surface area (Å²) in [5.74, 6) is 5.35. The monoisotopic (exact) mass is 825 g/mol. The molecule has 1 atom stereocenters. The SMILES string of the molecule is [C-]#[N+]c1ccc(N2CCC3(CCN(C(=O)c4ccc(C#CC5CCN(C6CCN(c7cccc8c7C(=O)N(C7CCC(=O)NC7=O)C8=O)CC6)CC5)cc4)C3)CC2)cc1Cl. The van der Waals surface area contributed by atoms with Crippen molar-refractivity contribution in [3.63, 3.8) is 0 Å². The van der Waals surface area contributed by atoms with Crippen LogP contribution >= 0.6 is 11.6 Å². The predicted octanol–water partition coefficient (Wildman–Crippen LogP) is 6.16. The molecule has 3 aromatic rings. The van der Waals surface area contributed by atoms with Gasteiger partial charge in [0.2, 0.25) is 17.5 Å². The van der Waals surface area contributed by atoms with E-state index in [2.05, 4.69) is 36.7 Å². The van der Waals surface area contributed by atoms with Crippen molar-refractivity contribution >= 4 is 58.2 Å². The number of benzene rings is 3. The van der Waals surface area contributed by atoms with Gasteiger partial charge in [0.05, 0.1) is 23.4 Å². The zero-order chi connectivity index (χ0) is 41.5. The zero-order valence-corrected chi connectivity index (χ0v) is 34.4. The Morgan fingerprint density at radius 1 is 0.817 bits per heavy atom. The minimum atomic E-state index is -0.979. The third-order valence-electron chi connectivity index (χ3n) is 13.8. The lowest BCUT2D eigenvalue weighted by Gasteiger charge is -2.42. The fourth-order valence-corrected chi connectivity index (χ4v) is 10.5. The van der Waals surface area contributed by atoms with Gasteiger partial charge in [0.25, 0.3) is 17.7 Å². The van der Waals surface area contributed by atoms with Crippen LogP contribution in [0, 0.1) is 29.7 Å². The van der Waals surface area contributed by atoms with Crippen LogP contribution < -0.4 is 15.1 Å². The van der Waals surface area contributed by atoms with E-state index >= 15 is 0 Å². The number of carbonyl (C=O) groups is 5. The van der Waals surface area contributed by atoms with Crippen LogP contribution in [-0.4, -0.2) is 109 Å². The van der Waals surface area contributed by atoms with Crippen molar-refractivity contribution in [2.45, 2.75) is 69.9 Å². The normalized spacial score (nSPS) is 22.4. The molecule has 308 valence electrons. The molecule has 5 fully saturated rings. The minimum absolute atomic E-state index is 0.0845. The van der Waals surface area contributed by atoms with Crippen molar-refractivity contribution < 1.29 is 24.0 Å². The maximum atomic E-state index is 13.7. The molecule has 6 heterocycles. The molecule has 6 aliphatic rings. The predicted molar refractivity (Wildman–Crippen MR) is 228 cm³/mol. The van der Waals surface area contributed by atoms with Gasteiger partial charge in [0.1, 0.15) is 6.04 Å². The second-order valence-electron chi connectivity index (χ2n) is 17.2. The van der Waals surface area contributed by atoms with E-state index in [0.29, 0.717) is 39.4 Å². The van der Waals surface area contributed by atoms with Gasteiger partial charge in [-0.2, -0.15) is 0 Å². The molecule has 5 saturated heterocycles. The van der Waals surface area contributed by atoms with Crippen LogP contribution in [0.1, 0.15) is 94.4 Å². The standard InChI is InChI=1S/C47H48ClN7O5/c1-49-38-12-11-35(29-37(38)48)52-26-19-47(20-27-52)21-28-54(30-47)44(58)33-9-7-31(8-10-33)5-6-32-15-22-51(23-16-32)34-17-24-53(25-18-34)39-4-2-3-36-42(39)46(60)55(45(36)59)40-13-14-41(56)50-43(40)57/h2-4,7-12,29,32,34,40H,13-28,30H2,(H,50,56,57). The fraction of sp³-hybridized carbons (Fsp3) is 0.447. The summed E-state index contributed by atoms with van der Waals surface area (Å²) in [5.41, 5.74) is 4.69. The van der Waals surface area contributed by atoms with Crippen LogP contribution in [0.5, 0.6) is 0 Å². The molecule has 0 aromatic heterocycles. The van der Waals surface area contributed by atoms with Crippen LogP contribution in [0.4, 0.5) is 17.1 Å². The summed E-state index contributed by atoms with van der Waals surface area (Å²) < 4.78 is 0. The van der Waals surface area contributed by atoms with Gasteiger partial charge in [-0.05, 0) is 118 Å². The number of fused-ring (bicyclic) bond motifs is 1. The summed E-state index contributed by atoms with van der Waals surface area (Å²) in [7, 11) is 0. The van der Waals surface area contributed by atoms with Gasteiger partial charge in [0, 0.05) is 79.5 Å². The number of hydrogen-bond donors (Lipinski definition) is 1. The third kappa shape index (κ3) is 7.63. The number of anilines is 2. The van der Waals surface area contributed by atoms with E-state index in [1.807, 2.05) is 47.4 Å². The summed E-state index contributed by atoms with van der Waals surface area (Å²) >= 11 is 6.31. The molecule has 1 N–H and O–H groups in total. The van der Waals surface area contributed by atoms with E-state index in [9.17, 15) is 24.0 Å². The Labute approximate surface area is 355 Å². The first-order valence-electron chi connectivity index (χ1n) is 21.3. The first kappa shape index (κ1) is 39.8. The van der Waals surface area contributed by atoms with Crippen LogP contribution in [0.3, 0.4) is 0 Å². The molecular weight excluding hydrogens is 778 g/mol. The molecule has 1 unspecified atom stereocenters. The van der Waals surface area contributed by atoms with Gasteiger partial charge >= 0.3 is 0 Å². The van der Waals surface area contributed by atoms with Crippen LogP contribution in [0.15, 0.2) is 60.7 Å². The number of nitrogens with one attached hydrogen (secondary N) is 1. The van der Waals surface area contributed by atoms with E-state index in [1.165, 1.54) is 0 Å². The molecule has 1 spiro atoms. The van der Waals surface area contributed by atoms with Crippen molar-refractivity contribution in [2.75, 3.05) is 62.2 Å². The minimum Gasteiger partial charge on any atom is -0.372 e. The Morgan fingerprint density at radius 3 is 2.25 bits per heavy atom. The Kier molecular flexibility index (Phi) is 10.9. The first-order valence-corrected chi connectivity index (χ1v) is 21.6. The molecule has 6 aliphatic heterocycles. The quantitative estimate of drug-likeness (QED) is 0.185. The number of hydrogen-bond acceptors (Lipinski definition) is 8. The van der Waals surface area contributed by atoms with E-state index in [4.69, 9.17) is 18.2 Å². The van der Waals surface area contributed by atoms with Gasteiger partial charge in [-0.15, -0.1) is 0 Å². The van der Waals surface area contributed by atoms with E-state index in [1.54, 1.807) is 18.2 Å². The lowest BCUT2D eigenvalue weighted by Crippen LogP contribution is -2.54. The molecule has 5 amide bonds. The fourth-order valence-electron chi connectivity index (χ4n) is 10.2. The maximum Gasteiger partial charge on any atom is 0.264 e. The van der Waals surface area contributed by atoms with Gasteiger partial charge < -0.3 is 19.6 Å². The van der Waals surface area contributed by atoms with Crippen molar-refractivity contribution in [1.29, 1.82) is 0 Å². The van der Waals surface area contributed by atoms with E-state index < -0.39 is 23.8 Å². The van der Waals surface area contributed by atoms with Crippen LogP contribution in [0.2, 0.25) is 5.02 Å². The highest BCUT2D eigenvalue weighted by Crippen LogP contribution is 2.43. The number of imide groups is 2. The topological polar surface area (TPSA) is 118 Å². The summed E-state index contributed by atoms with van der Waals surface area (Å²) in [6, 6.07) is 18.2. The number of carbonyl (C=O) groups excluding carboxylic acids is 5. The van der Waals surface area contributed by atoms with Crippen molar-refractivity contribution in [3.8, 4) is 11.8 Å². The number of rotatable bonds is 5. The smallest absolute Gasteiger partial charge is 0.264 e. The Balaban J connectivity index is 0.732. The summed E-state index contributed by atoms with van der Waals surface area (Å²) in [6.45, 7) is 14.1. The van der Waals surface area contributed by atoms with Crippen molar-refractivity contribution in [3.05, 3.63) is 99.4 Å². The molecule has 9 rings (SSSR count). The molecule has 0 saturated carbocycles. The Morgan fingerprint density at radius 2 is 1.55 bits per heavy atom. The van der Waals surface area contributed by atoms with Gasteiger partial charge in [-0.1, -0.05) is 35.6 Å². The molecule has 13 heteroatoms. The van der Waals surface area contributed by atoms with Gasteiger partial charge in [-0.25, -0.2) is 4.85 Å². The number of nitrogens with zero attached hydrogens (tertiary/aromatic N) is 6. The highest BCUT2D eigenvalue weighted by atomic mass is 35.5. The number of likely N-dealkylation sites (tertiary alicyclic amines) is 2. The molecule has 0 aliphatic carbocycles. The Bertz CT molecular complexity index is 2340. The van der Waals surface area contributed by atoms with Crippen molar-refractivity contribution in [1.82, 2.24) is 20.0 Å². The highest BCUT2D eigenvalue weighted by molar-refractivity contribution is 6.33. The lowest BCUT2D eigenvalue weighted by atomic mass is 9.77. The van der Waals surface area contributed by atoms with Gasteiger partial charge in [-0.3, -0.25) is 34.2 Å². The summed E-state index contributed by atoms with van der Waals surface area (Å²) in [4.78, 5) is 78.5. The molecule has 0 bridgehead atoms. The number of halogens is 1. The number of amides is 5. The highest BCUT2D eigenvalue weighted by Gasteiger charge is 2.47. The maximum absolute atomic E-state index is 13.7. The second kappa shape index (κ2) is 16.4. The van der Waals surface area contributed by atoms with E-state index in [0.717, 1.165) is 119 Å². The number of piperidine rings is 4. The lowest BCUT2D eigenvalue weighted by molar-refractivity contribution is -0.136.